The molecule has 0 aliphatic carbocycles. The van der Waals surface area contributed by atoms with E-state index < -0.39 is 5.97 Å². The van der Waals surface area contributed by atoms with Crippen molar-refractivity contribution in [2.75, 3.05) is 18.8 Å². The predicted octanol–water partition coefficient (Wildman–Crippen LogP) is 0.897. The first-order valence-electron chi connectivity index (χ1n) is 4.19. The Morgan fingerprint density at radius 2 is 2.33 bits per heavy atom. The molecule has 0 saturated carbocycles. The van der Waals surface area contributed by atoms with E-state index in [1.54, 1.807) is 11.8 Å². The van der Waals surface area contributed by atoms with Gasteiger partial charge in [0.05, 0.1) is 0 Å². The Kier molecular flexibility index (Phi) is 3.40. The highest BCUT2D eigenvalue weighted by Crippen LogP contribution is 2.19. The summed E-state index contributed by atoms with van der Waals surface area (Å²) in [6, 6.07) is 0.466. The zero-order valence-electron chi connectivity index (χ0n) is 7.49. The highest BCUT2D eigenvalue weighted by molar-refractivity contribution is 8.00. The Balaban J connectivity index is 2.46. The first kappa shape index (κ1) is 9.86. The summed E-state index contributed by atoms with van der Waals surface area (Å²) in [5.41, 5.74) is 0. The molecule has 3 nitrogen and oxygen atoms in total. The number of aliphatic carboxylic acids is 1. The van der Waals surface area contributed by atoms with Gasteiger partial charge in [-0.25, -0.2) is 0 Å². The van der Waals surface area contributed by atoms with Gasteiger partial charge in [-0.1, -0.05) is 0 Å². The van der Waals surface area contributed by atoms with Crippen LogP contribution >= 0.6 is 11.8 Å². The van der Waals surface area contributed by atoms with Gasteiger partial charge in [-0.05, 0) is 13.8 Å². The maximum Gasteiger partial charge on any atom is 0.317 e. The normalized spacial score (nSPS) is 26.1. The van der Waals surface area contributed by atoms with Crippen LogP contribution in [0.3, 0.4) is 0 Å². The summed E-state index contributed by atoms with van der Waals surface area (Å²) in [4.78, 5) is 12.9. The van der Waals surface area contributed by atoms with Crippen molar-refractivity contribution >= 4 is 17.7 Å². The number of thioether (sulfide) groups is 1. The SMILES string of the molecule is CC(C)N1CCSC(C(=O)O)C1. The van der Waals surface area contributed by atoms with E-state index in [4.69, 9.17) is 5.11 Å². The molecule has 1 atom stereocenters. The second-order valence-electron chi connectivity index (χ2n) is 3.29. The lowest BCUT2D eigenvalue weighted by molar-refractivity contribution is -0.136. The largest absolute Gasteiger partial charge is 0.480 e. The van der Waals surface area contributed by atoms with Crippen molar-refractivity contribution in [3.05, 3.63) is 0 Å². The summed E-state index contributed by atoms with van der Waals surface area (Å²) in [6.45, 7) is 5.92. The van der Waals surface area contributed by atoms with Crippen LogP contribution in [0.5, 0.6) is 0 Å². The molecule has 1 saturated heterocycles. The molecule has 0 spiro atoms. The molecule has 12 heavy (non-hydrogen) atoms. The van der Waals surface area contributed by atoms with Gasteiger partial charge in [0.15, 0.2) is 0 Å². The number of carboxylic acid groups (broad SMARTS) is 1. The van der Waals surface area contributed by atoms with Crippen LogP contribution in [0.25, 0.3) is 0 Å². The lowest BCUT2D eigenvalue weighted by Crippen LogP contribution is -2.44. The molecule has 1 fully saturated rings. The summed E-state index contributed by atoms with van der Waals surface area (Å²) < 4.78 is 0. The van der Waals surface area contributed by atoms with Crippen LogP contribution in [-0.4, -0.2) is 46.1 Å². The van der Waals surface area contributed by atoms with Gasteiger partial charge in [0.25, 0.3) is 0 Å². The van der Waals surface area contributed by atoms with Crippen LogP contribution in [0.1, 0.15) is 13.8 Å². The molecule has 0 aromatic heterocycles. The van der Waals surface area contributed by atoms with Gasteiger partial charge in [0.2, 0.25) is 0 Å². The minimum absolute atomic E-state index is 0.221. The van der Waals surface area contributed by atoms with E-state index in [1.807, 2.05) is 0 Å². The molecule has 1 N–H and O–H groups in total. The third-order valence-electron chi connectivity index (χ3n) is 2.10. The number of carboxylic acids is 1. The summed E-state index contributed by atoms with van der Waals surface area (Å²) in [5, 5.41) is 8.57. The quantitative estimate of drug-likeness (QED) is 0.700. The predicted molar refractivity (Wildman–Crippen MR) is 50.6 cm³/mol. The first-order chi connectivity index (χ1) is 5.61. The molecule has 0 radical (unpaired) electrons. The zero-order chi connectivity index (χ0) is 9.14. The maximum absolute atomic E-state index is 10.7. The highest BCUT2D eigenvalue weighted by Gasteiger charge is 2.26. The van der Waals surface area contributed by atoms with E-state index in [1.165, 1.54) is 0 Å². The fourth-order valence-electron chi connectivity index (χ4n) is 1.29. The minimum Gasteiger partial charge on any atom is -0.480 e. The molecule has 1 rings (SSSR count). The van der Waals surface area contributed by atoms with Crippen molar-refractivity contribution < 1.29 is 9.90 Å². The third kappa shape index (κ3) is 2.38. The number of hydrogen-bond donors (Lipinski definition) is 1. The van der Waals surface area contributed by atoms with Crippen LogP contribution in [-0.2, 0) is 4.79 Å². The Morgan fingerprint density at radius 3 is 2.83 bits per heavy atom. The van der Waals surface area contributed by atoms with E-state index in [0.29, 0.717) is 12.6 Å². The van der Waals surface area contributed by atoms with Crippen LogP contribution in [0, 0.1) is 0 Å². The van der Waals surface area contributed by atoms with Gasteiger partial charge in [0, 0.05) is 24.9 Å². The topological polar surface area (TPSA) is 40.5 Å². The molecule has 1 aliphatic rings. The molecule has 1 unspecified atom stereocenters. The smallest absolute Gasteiger partial charge is 0.317 e. The molecule has 4 heteroatoms. The Bertz CT molecular complexity index is 172. The van der Waals surface area contributed by atoms with Gasteiger partial charge in [0.1, 0.15) is 5.25 Å². The maximum atomic E-state index is 10.7. The molecule has 0 amide bonds. The monoisotopic (exact) mass is 189 g/mol. The molecule has 1 aliphatic heterocycles. The zero-order valence-corrected chi connectivity index (χ0v) is 8.30. The van der Waals surface area contributed by atoms with Gasteiger partial charge < -0.3 is 5.11 Å². The van der Waals surface area contributed by atoms with Gasteiger partial charge in [-0.3, -0.25) is 9.69 Å². The number of hydrogen-bond acceptors (Lipinski definition) is 3. The molecule has 70 valence electrons. The lowest BCUT2D eigenvalue weighted by atomic mass is 10.3. The Labute approximate surface area is 77.1 Å². The van der Waals surface area contributed by atoms with E-state index >= 15 is 0 Å². The van der Waals surface area contributed by atoms with E-state index in [9.17, 15) is 4.79 Å². The molecule has 1 heterocycles. The van der Waals surface area contributed by atoms with Crippen LogP contribution in [0.4, 0.5) is 0 Å². The number of nitrogens with zero attached hydrogens (tertiary/aromatic N) is 1. The van der Waals surface area contributed by atoms with Gasteiger partial charge >= 0.3 is 5.97 Å². The molecular formula is C8H15NO2S. The summed E-state index contributed by atoms with van der Waals surface area (Å²) >= 11 is 1.55. The van der Waals surface area contributed by atoms with Crippen molar-refractivity contribution in [2.24, 2.45) is 0 Å². The van der Waals surface area contributed by atoms with E-state index in [0.717, 1.165) is 12.3 Å². The number of rotatable bonds is 2. The molecular weight excluding hydrogens is 174 g/mol. The minimum atomic E-state index is -0.676. The first-order valence-corrected chi connectivity index (χ1v) is 5.24. The highest BCUT2D eigenvalue weighted by atomic mass is 32.2. The van der Waals surface area contributed by atoms with Crippen molar-refractivity contribution in [1.29, 1.82) is 0 Å². The summed E-state index contributed by atoms with van der Waals surface area (Å²) in [7, 11) is 0. The average molecular weight is 189 g/mol. The Hall–Kier alpha value is -0.220. The van der Waals surface area contributed by atoms with Gasteiger partial charge in [-0.15, -0.1) is 11.8 Å². The van der Waals surface area contributed by atoms with Crippen LogP contribution in [0.2, 0.25) is 0 Å². The van der Waals surface area contributed by atoms with Crippen molar-refractivity contribution in [2.45, 2.75) is 25.1 Å². The van der Waals surface area contributed by atoms with E-state index in [2.05, 4.69) is 18.7 Å². The van der Waals surface area contributed by atoms with Crippen molar-refractivity contribution in [3.8, 4) is 0 Å². The molecule has 0 bridgehead atoms. The number of carbonyl (C=O) groups is 1. The van der Waals surface area contributed by atoms with Crippen LogP contribution < -0.4 is 0 Å². The molecule has 0 aromatic rings. The third-order valence-corrected chi connectivity index (χ3v) is 3.27. The van der Waals surface area contributed by atoms with Crippen molar-refractivity contribution in [1.82, 2.24) is 4.90 Å². The second kappa shape index (κ2) is 4.14. The fraction of sp³-hybridized carbons (Fsp3) is 0.875. The summed E-state index contributed by atoms with van der Waals surface area (Å²) in [5.74, 6) is 0.264. The Morgan fingerprint density at radius 1 is 1.67 bits per heavy atom. The fourth-order valence-corrected chi connectivity index (χ4v) is 2.35. The standard InChI is InChI=1S/C8H15NO2S/c1-6(2)9-3-4-12-7(5-9)8(10)11/h6-7H,3-5H2,1-2H3,(H,10,11). The average Bonchev–Trinajstić information content (AvgIpc) is 2.04. The second-order valence-corrected chi connectivity index (χ2v) is 4.60. The van der Waals surface area contributed by atoms with Crippen molar-refractivity contribution in [3.63, 3.8) is 0 Å². The van der Waals surface area contributed by atoms with Gasteiger partial charge in [-0.2, -0.15) is 0 Å². The van der Waals surface area contributed by atoms with E-state index in [-0.39, 0.29) is 5.25 Å². The lowest BCUT2D eigenvalue weighted by Gasteiger charge is -2.33. The molecule has 0 aromatic carbocycles. The van der Waals surface area contributed by atoms with Crippen LogP contribution in [0.15, 0.2) is 0 Å². The summed E-state index contributed by atoms with van der Waals surface area (Å²) in [6.07, 6.45) is 0.